The highest BCUT2D eigenvalue weighted by atomic mass is 15.6. The van der Waals surface area contributed by atoms with E-state index in [1.165, 1.54) is 32.1 Å². The first-order valence-electron chi connectivity index (χ1n) is 7.24. The maximum Gasteiger partial charge on any atom is 0.165 e. The third kappa shape index (κ3) is 2.55. The van der Waals surface area contributed by atoms with Crippen LogP contribution in [0.25, 0.3) is 0 Å². The molecule has 0 bridgehead atoms. The monoisotopic (exact) mass is 249 g/mol. The summed E-state index contributed by atoms with van der Waals surface area (Å²) in [4.78, 5) is 0. The lowest BCUT2D eigenvalue weighted by molar-refractivity contribution is 0.195. The zero-order valence-corrected chi connectivity index (χ0v) is 11.3. The van der Waals surface area contributed by atoms with E-state index in [1.807, 2.05) is 0 Å². The molecule has 18 heavy (non-hydrogen) atoms. The van der Waals surface area contributed by atoms with Gasteiger partial charge >= 0.3 is 0 Å². The van der Waals surface area contributed by atoms with Gasteiger partial charge in [-0.2, -0.15) is 0 Å². The third-order valence-corrected chi connectivity index (χ3v) is 4.60. The van der Waals surface area contributed by atoms with Crippen LogP contribution in [-0.4, -0.2) is 26.2 Å². The van der Waals surface area contributed by atoms with Crippen LogP contribution in [0.2, 0.25) is 0 Å². The van der Waals surface area contributed by atoms with Crippen molar-refractivity contribution in [3.05, 3.63) is 5.82 Å². The van der Waals surface area contributed by atoms with E-state index in [9.17, 15) is 0 Å². The van der Waals surface area contributed by atoms with Crippen LogP contribution in [0.15, 0.2) is 0 Å². The lowest BCUT2D eigenvalue weighted by atomic mass is 9.79. The SMILES string of the molecule is CC1CCC(n2nnnc2CNC2CC2)CC1C. The second-order valence-corrected chi connectivity index (χ2v) is 6.12. The molecule has 1 heterocycles. The van der Waals surface area contributed by atoms with E-state index in [1.54, 1.807) is 0 Å². The molecular formula is C13H23N5. The molecule has 0 amide bonds. The van der Waals surface area contributed by atoms with E-state index in [0.717, 1.165) is 24.2 Å². The predicted octanol–water partition coefficient (Wildman–Crippen LogP) is 1.92. The van der Waals surface area contributed by atoms with Gasteiger partial charge in [-0.25, -0.2) is 4.68 Å². The Morgan fingerprint density at radius 2 is 2.00 bits per heavy atom. The summed E-state index contributed by atoms with van der Waals surface area (Å²) in [6, 6.07) is 1.21. The Hall–Kier alpha value is -0.970. The molecule has 0 aromatic carbocycles. The molecule has 2 aliphatic carbocycles. The van der Waals surface area contributed by atoms with Crippen LogP contribution in [0.4, 0.5) is 0 Å². The van der Waals surface area contributed by atoms with Gasteiger partial charge in [-0.1, -0.05) is 13.8 Å². The van der Waals surface area contributed by atoms with E-state index in [-0.39, 0.29) is 0 Å². The molecule has 3 unspecified atom stereocenters. The molecule has 5 nitrogen and oxygen atoms in total. The van der Waals surface area contributed by atoms with Gasteiger partial charge in [0, 0.05) is 6.04 Å². The number of rotatable bonds is 4. The second-order valence-electron chi connectivity index (χ2n) is 6.12. The fourth-order valence-electron chi connectivity index (χ4n) is 2.88. The topological polar surface area (TPSA) is 55.6 Å². The molecule has 0 spiro atoms. The van der Waals surface area contributed by atoms with E-state index in [2.05, 4.69) is 39.4 Å². The molecular weight excluding hydrogens is 226 g/mol. The smallest absolute Gasteiger partial charge is 0.165 e. The van der Waals surface area contributed by atoms with Gasteiger partial charge in [0.15, 0.2) is 5.82 Å². The van der Waals surface area contributed by atoms with Gasteiger partial charge in [-0.05, 0) is 54.4 Å². The minimum absolute atomic E-state index is 0.502. The lowest BCUT2D eigenvalue weighted by Gasteiger charge is -2.32. The number of nitrogens with zero attached hydrogens (tertiary/aromatic N) is 4. The molecule has 2 fully saturated rings. The Kier molecular flexibility index (Phi) is 3.33. The first kappa shape index (κ1) is 12.1. The molecule has 2 aliphatic rings. The van der Waals surface area contributed by atoms with Crippen LogP contribution in [0.5, 0.6) is 0 Å². The van der Waals surface area contributed by atoms with Crippen molar-refractivity contribution in [2.24, 2.45) is 11.8 Å². The standard InChI is InChI=1S/C13H23N5/c1-9-3-6-12(7-10(9)2)18-13(15-16-17-18)8-14-11-4-5-11/h9-12,14H,3-8H2,1-2H3. The van der Waals surface area contributed by atoms with Crippen molar-refractivity contribution < 1.29 is 0 Å². The Labute approximate surface area is 108 Å². The largest absolute Gasteiger partial charge is 0.307 e. The van der Waals surface area contributed by atoms with E-state index in [4.69, 9.17) is 0 Å². The maximum atomic E-state index is 4.21. The molecule has 100 valence electrons. The molecule has 1 aromatic rings. The Morgan fingerprint density at radius 1 is 1.17 bits per heavy atom. The van der Waals surface area contributed by atoms with Crippen molar-refractivity contribution in [3.63, 3.8) is 0 Å². The van der Waals surface area contributed by atoms with Gasteiger partial charge in [0.05, 0.1) is 12.6 Å². The van der Waals surface area contributed by atoms with Gasteiger partial charge in [0.25, 0.3) is 0 Å². The highest BCUT2D eigenvalue weighted by Crippen LogP contribution is 2.36. The number of hydrogen-bond acceptors (Lipinski definition) is 4. The fraction of sp³-hybridized carbons (Fsp3) is 0.923. The summed E-state index contributed by atoms with van der Waals surface area (Å²) in [7, 11) is 0. The van der Waals surface area contributed by atoms with Gasteiger partial charge in [-0.3, -0.25) is 0 Å². The van der Waals surface area contributed by atoms with Crippen molar-refractivity contribution in [1.29, 1.82) is 0 Å². The Bertz CT molecular complexity index is 398. The Morgan fingerprint density at radius 3 is 2.72 bits per heavy atom. The summed E-state index contributed by atoms with van der Waals surface area (Å²) in [5.41, 5.74) is 0. The number of aromatic nitrogens is 4. The fourth-order valence-corrected chi connectivity index (χ4v) is 2.88. The summed E-state index contributed by atoms with van der Waals surface area (Å²) in [6.45, 7) is 5.53. The molecule has 3 atom stereocenters. The van der Waals surface area contributed by atoms with Crippen molar-refractivity contribution in [3.8, 4) is 0 Å². The molecule has 3 rings (SSSR count). The maximum absolute atomic E-state index is 4.21. The third-order valence-electron chi connectivity index (χ3n) is 4.60. The van der Waals surface area contributed by atoms with Crippen LogP contribution in [0, 0.1) is 11.8 Å². The zero-order valence-electron chi connectivity index (χ0n) is 11.3. The summed E-state index contributed by atoms with van der Waals surface area (Å²) >= 11 is 0. The van der Waals surface area contributed by atoms with Crippen molar-refractivity contribution in [2.75, 3.05) is 0 Å². The van der Waals surface area contributed by atoms with Crippen LogP contribution >= 0.6 is 0 Å². The quantitative estimate of drug-likeness (QED) is 0.885. The average Bonchev–Trinajstić information content (AvgIpc) is 3.08. The highest BCUT2D eigenvalue weighted by molar-refractivity contribution is 4.90. The van der Waals surface area contributed by atoms with E-state index >= 15 is 0 Å². The first-order valence-corrected chi connectivity index (χ1v) is 7.24. The van der Waals surface area contributed by atoms with Crippen LogP contribution in [0.3, 0.4) is 0 Å². The number of hydrogen-bond donors (Lipinski definition) is 1. The van der Waals surface area contributed by atoms with Gasteiger partial charge in [-0.15, -0.1) is 5.10 Å². The molecule has 2 saturated carbocycles. The predicted molar refractivity (Wildman–Crippen MR) is 68.9 cm³/mol. The molecule has 0 radical (unpaired) electrons. The molecule has 0 aliphatic heterocycles. The van der Waals surface area contributed by atoms with Crippen molar-refractivity contribution in [2.45, 2.75) is 64.6 Å². The highest BCUT2D eigenvalue weighted by Gasteiger charge is 2.28. The van der Waals surface area contributed by atoms with Gasteiger partial charge in [0.1, 0.15) is 0 Å². The summed E-state index contributed by atoms with van der Waals surface area (Å²) < 4.78 is 2.07. The normalized spacial score (nSPS) is 32.7. The van der Waals surface area contributed by atoms with Gasteiger partial charge < -0.3 is 5.32 Å². The molecule has 1 aromatic heterocycles. The van der Waals surface area contributed by atoms with Gasteiger partial charge in [0.2, 0.25) is 0 Å². The zero-order chi connectivity index (χ0) is 12.5. The van der Waals surface area contributed by atoms with Crippen molar-refractivity contribution >= 4 is 0 Å². The Balaban J connectivity index is 1.65. The van der Waals surface area contributed by atoms with E-state index in [0.29, 0.717) is 12.1 Å². The van der Waals surface area contributed by atoms with E-state index < -0.39 is 0 Å². The van der Waals surface area contributed by atoms with Crippen LogP contribution < -0.4 is 5.32 Å². The molecule has 5 heteroatoms. The molecule has 0 saturated heterocycles. The summed E-state index contributed by atoms with van der Waals surface area (Å²) in [5, 5.41) is 15.7. The summed E-state index contributed by atoms with van der Waals surface area (Å²) in [6.07, 6.45) is 6.33. The molecule has 1 N–H and O–H groups in total. The summed E-state index contributed by atoms with van der Waals surface area (Å²) in [5.74, 6) is 2.62. The first-order chi connectivity index (χ1) is 8.74. The van der Waals surface area contributed by atoms with Crippen molar-refractivity contribution in [1.82, 2.24) is 25.5 Å². The van der Waals surface area contributed by atoms with Crippen LogP contribution in [0.1, 0.15) is 57.8 Å². The number of tetrazole rings is 1. The second kappa shape index (κ2) is 4.96. The minimum Gasteiger partial charge on any atom is -0.307 e. The lowest BCUT2D eigenvalue weighted by Crippen LogP contribution is -2.27. The van der Waals surface area contributed by atoms with Crippen LogP contribution in [-0.2, 0) is 6.54 Å². The minimum atomic E-state index is 0.502. The average molecular weight is 249 g/mol. The number of nitrogens with one attached hydrogen (secondary N) is 1.